The predicted molar refractivity (Wildman–Crippen MR) is 106 cm³/mol. The van der Waals surface area contributed by atoms with E-state index in [1.165, 1.54) is 18.4 Å². The van der Waals surface area contributed by atoms with Crippen molar-refractivity contribution in [3.05, 3.63) is 54.4 Å². The van der Waals surface area contributed by atoms with Crippen LogP contribution in [0.5, 0.6) is 5.75 Å². The zero-order valence-corrected chi connectivity index (χ0v) is 15.7. The second kappa shape index (κ2) is 6.53. The van der Waals surface area contributed by atoms with Gasteiger partial charge in [-0.15, -0.1) is 10.2 Å². The van der Waals surface area contributed by atoms with E-state index in [1.54, 1.807) is 30.9 Å². The Bertz CT molecular complexity index is 1030. The van der Waals surface area contributed by atoms with Crippen LogP contribution in [0.4, 0.5) is 0 Å². The number of nitrogens with one attached hydrogen (secondary N) is 1. The Morgan fingerprint density at radius 3 is 2.96 bits per heavy atom. The Labute approximate surface area is 163 Å². The highest BCUT2D eigenvalue weighted by molar-refractivity contribution is 5.66. The second-order valence-corrected chi connectivity index (χ2v) is 8.00. The van der Waals surface area contributed by atoms with E-state index < -0.39 is 0 Å². The van der Waals surface area contributed by atoms with Gasteiger partial charge in [-0.2, -0.15) is 0 Å². The summed E-state index contributed by atoms with van der Waals surface area (Å²) in [6.07, 6.45) is 13.6. The topological polar surface area (TPSA) is 88.8 Å². The number of rotatable bonds is 3. The standard InChI is InChI=1S/C21H22N6O/c1-21-5-4-15(24-21)8-14(11-21)9-16-12-23-20(26-25-16)18-3-2-17(10-19(18)28)27-7-6-22-13-27/h2-3,6-7,9-10,12-13,15,24,28H,4-5,8,11H2,1H3/b14-9+/t15-,21+/m0/s1. The summed E-state index contributed by atoms with van der Waals surface area (Å²) in [6.45, 7) is 2.29. The smallest absolute Gasteiger partial charge is 0.185 e. The highest BCUT2D eigenvalue weighted by Gasteiger charge is 2.39. The first kappa shape index (κ1) is 17.1. The molecule has 142 valence electrons. The lowest BCUT2D eigenvalue weighted by molar-refractivity contribution is 0.351. The van der Waals surface area contributed by atoms with Gasteiger partial charge in [0.1, 0.15) is 11.4 Å². The van der Waals surface area contributed by atoms with Gasteiger partial charge < -0.3 is 15.0 Å². The summed E-state index contributed by atoms with van der Waals surface area (Å²) in [7, 11) is 0. The number of fused-ring (bicyclic) bond motifs is 2. The number of imidazole rings is 1. The van der Waals surface area contributed by atoms with Crippen LogP contribution in [0.1, 0.15) is 38.3 Å². The summed E-state index contributed by atoms with van der Waals surface area (Å²) < 4.78 is 1.82. The summed E-state index contributed by atoms with van der Waals surface area (Å²) >= 11 is 0. The van der Waals surface area contributed by atoms with Crippen molar-refractivity contribution in [2.24, 2.45) is 0 Å². The molecule has 2 fully saturated rings. The lowest BCUT2D eigenvalue weighted by Gasteiger charge is -2.32. The van der Waals surface area contributed by atoms with Crippen LogP contribution in [0.15, 0.2) is 48.7 Å². The third kappa shape index (κ3) is 3.18. The van der Waals surface area contributed by atoms with Crippen LogP contribution in [-0.2, 0) is 0 Å². The molecule has 2 saturated heterocycles. The third-order valence-electron chi connectivity index (χ3n) is 5.68. The van der Waals surface area contributed by atoms with Gasteiger partial charge in [0.05, 0.1) is 23.8 Å². The Hall–Kier alpha value is -3.06. The normalized spacial score (nSPS) is 25.3. The Morgan fingerprint density at radius 2 is 2.25 bits per heavy atom. The van der Waals surface area contributed by atoms with E-state index in [4.69, 9.17) is 0 Å². The SMILES string of the molecule is C[C@@]12CC[C@@H](C/C(=C\c3cnc(-c4ccc(-n5ccnc5)cc4O)nn3)C1)N2. The molecule has 0 spiro atoms. The molecule has 2 bridgehead atoms. The van der Waals surface area contributed by atoms with Gasteiger partial charge in [0.15, 0.2) is 5.82 Å². The minimum Gasteiger partial charge on any atom is -0.507 e. The van der Waals surface area contributed by atoms with Crippen LogP contribution in [0.3, 0.4) is 0 Å². The largest absolute Gasteiger partial charge is 0.507 e. The van der Waals surface area contributed by atoms with Crippen molar-refractivity contribution in [2.45, 2.75) is 44.2 Å². The summed E-state index contributed by atoms with van der Waals surface area (Å²) in [5.74, 6) is 0.524. The molecule has 0 saturated carbocycles. The minimum atomic E-state index is 0.113. The van der Waals surface area contributed by atoms with Gasteiger partial charge in [-0.05, 0) is 50.8 Å². The number of phenols is 1. The fourth-order valence-electron chi connectivity index (χ4n) is 4.39. The summed E-state index contributed by atoms with van der Waals surface area (Å²) in [4.78, 5) is 8.45. The van der Waals surface area contributed by atoms with E-state index in [1.807, 2.05) is 16.8 Å². The molecular weight excluding hydrogens is 352 g/mol. The molecule has 7 heteroatoms. The number of phenolic OH excluding ortho intramolecular Hbond substituents is 1. The summed E-state index contributed by atoms with van der Waals surface area (Å²) in [6, 6.07) is 5.94. The maximum Gasteiger partial charge on any atom is 0.185 e. The molecule has 3 aromatic rings. The Morgan fingerprint density at radius 1 is 1.32 bits per heavy atom. The molecule has 2 aliphatic heterocycles. The van der Waals surface area contributed by atoms with Crippen molar-refractivity contribution < 1.29 is 5.11 Å². The predicted octanol–water partition coefficient (Wildman–Crippen LogP) is 3.12. The lowest BCUT2D eigenvalue weighted by atomic mass is 9.88. The molecule has 0 unspecified atom stereocenters. The molecule has 2 N–H and O–H groups in total. The number of benzene rings is 1. The molecule has 2 atom stereocenters. The highest BCUT2D eigenvalue weighted by Crippen LogP contribution is 2.38. The van der Waals surface area contributed by atoms with Gasteiger partial charge in [0, 0.05) is 30.0 Å². The number of piperidine rings is 1. The van der Waals surface area contributed by atoms with Gasteiger partial charge in [0.2, 0.25) is 0 Å². The van der Waals surface area contributed by atoms with Crippen molar-refractivity contribution in [1.82, 2.24) is 30.0 Å². The van der Waals surface area contributed by atoms with E-state index in [0.717, 1.165) is 24.2 Å². The van der Waals surface area contributed by atoms with E-state index >= 15 is 0 Å². The molecular formula is C21H22N6O. The van der Waals surface area contributed by atoms with Crippen LogP contribution in [0.25, 0.3) is 23.2 Å². The van der Waals surface area contributed by atoms with E-state index in [2.05, 4.69) is 38.5 Å². The van der Waals surface area contributed by atoms with Crippen molar-refractivity contribution in [2.75, 3.05) is 0 Å². The average molecular weight is 374 g/mol. The minimum absolute atomic E-state index is 0.113. The lowest BCUT2D eigenvalue weighted by Crippen LogP contribution is -2.44. The van der Waals surface area contributed by atoms with Crippen molar-refractivity contribution in [1.29, 1.82) is 0 Å². The monoisotopic (exact) mass is 374 g/mol. The number of hydrogen-bond acceptors (Lipinski definition) is 6. The first-order valence-corrected chi connectivity index (χ1v) is 9.57. The van der Waals surface area contributed by atoms with Crippen molar-refractivity contribution >= 4 is 6.08 Å². The first-order valence-electron chi connectivity index (χ1n) is 9.57. The van der Waals surface area contributed by atoms with Crippen LogP contribution in [0.2, 0.25) is 0 Å². The van der Waals surface area contributed by atoms with Gasteiger partial charge in [0.25, 0.3) is 0 Å². The number of hydrogen-bond donors (Lipinski definition) is 2. The van der Waals surface area contributed by atoms with Crippen molar-refractivity contribution in [3.63, 3.8) is 0 Å². The van der Waals surface area contributed by atoms with E-state index in [0.29, 0.717) is 17.4 Å². The zero-order chi connectivity index (χ0) is 19.1. The number of aromatic nitrogens is 5. The van der Waals surface area contributed by atoms with Gasteiger partial charge >= 0.3 is 0 Å². The quantitative estimate of drug-likeness (QED) is 0.732. The molecule has 2 aliphatic rings. The van der Waals surface area contributed by atoms with Gasteiger partial charge in [-0.3, -0.25) is 0 Å². The summed E-state index contributed by atoms with van der Waals surface area (Å²) in [5, 5.41) is 22.7. The number of nitrogens with zero attached hydrogens (tertiary/aromatic N) is 5. The Kier molecular flexibility index (Phi) is 3.98. The molecule has 7 nitrogen and oxygen atoms in total. The molecule has 4 heterocycles. The van der Waals surface area contributed by atoms with Gasteiger partial charge in [-0.1, -0.05) is 5.57 Å². The summed E-state index contributed by atoms with van der Waals surface area (Å²) in [5.41, 5.74) is 3.77. The molecule has 28 heavy (non-hydrogen) atoms. The van der Waals surface area contributed by atoms with Crippen LogP contribution < -0.4 is 5.32 Å². The molecule has 0 aliphatic carbocycles. The fourth-order valence-corrected chi connectivity index (χ4v) is 4.39. The maximum atomic E-state index is 10.4. The Balaban J connectivity index is 1.38. The first-order chi connectivity index (χ1) is 13.6. The maximum absolute atomic E-state index is 10.4. The molecule has 0 radical (unpaired) electrons. The molecule has 2 aromatic heterocycles. The fraction of sp³-hybridized carbons (Fsp3) is 0.333. The highest BCUT2D eigenvalue weighted by atomic mass is 16.3. The van der Waals surface area contributed by atoms with Crippen molar-refractivity contribution in [3.8, 4) is 22.8 Å². The third-order valence-corrected chi connectivity index (χ3v) is 5.68. The molecule has 1 aromatic carbocycles. The average Bonchev–Trinajstić information content (AvgIpc) is 3.30. The van der Waals surface area contributed by atoms with Crippen LogP contribution in [0, 0.1) is 0 Å². The van der Waals surface area contributed by atoms with E-state index in [-0.39, 0.29) is 11.3 Å². The van der Waals surface area contributed by atoms with Crippen LogP contribution in [-0.4, -0.2) is 41.4 Å². The molecule has 5 rings (SSSR count). The molecule has 0 amide bonds. The van der Waals surface area contributed by atoms with E-state index in [9.17, 15) is 5.11 Å². The number of aromatic hydroxyl groups is 1. The van der Waals surface area contributed by atoms with Crippen LogP contribution >= 0.6 is 0 Å². The zero-order valence-electron chi connectivity index (χ0n) is 15.7. The van der Waals surface area contributed by atoms with Gasteiger partial charge in [-0.25, -0.2) is 9.97 Å². The second-order valence-electron chi connectivity index (χ2n) is 8.00.